The number of carboxylic acid groups (broad SMARTS) is 1. The number of halogens is 3. The second-order valence-corrected chi connectivity index (χ2v) is 3.64. The van der Waals surface area contributed by atoms with Crippen molar-refractivity contribution in [2.75, 3.05) is 0 Å². The Morgan fingerprint density at radius 2 is 1.68 bits per heavy atom. The van der Waals surface area contributed by atoms with Crippen molar-refractivity contribution in [3.05, 3.63) is 35.9 Å². The first kappa shape index (κ1) is 15.0. The van der Waals surface area contributed by atoms with Crippen molar-refractivity contribution in [3.63, 3.8) is 0 Å². The average Bonchev–Trinajstić information content (AvgIpc) is 2.34. The van der Waals surface area contributed by atoms with Gasteiger partial charge in [0.1, 0.15) is 0 Å². The fourth-order valence-corrected chi connectivity index (χ4v) is 1.30. The second kappa shape index (κ2) is 5.70. The van der Waals surface area contributed by atoms with Crippen LogP contribution in [0.2, 0.25) is 0 Å². The molecule has 104 valence electrons. The van der Waals surface area contributed by atoms with Crippen LogP contribution in [0.4, 0.5) is 13.2 Å². The molecule has 0 fully saturated rings. The molecule has 1 rings (SSSR count). The van der Waals surface area contributed by atoms with Crippen molar-refractivity contribution in [1.29, 1.82) is 0 Å². The molecule has 1 amide bonds. The molecular weight excluding hydrogens is 267 g/mol. The van der Waals surface area contributed by atoms with E-state index in [1.807, 2.05) is 0 Å². The summed E-state index contributed by atoms with van der Waals surface area (Å²) in [5.74, 6) is -3.20. The predicted octanol–water partition coefficient (Wildman–Crippen LogP) is 0.793. The molecule has 0 aliphatic carbocycles. The Bertz CT molecular complexity index is 461. The molecule has 5 nitrogen and oxygen atoms in total. The van der Waals surface area contributed by atoms with E-state index in [1.54, 1.807) is 6.07 Å². The minimum Gasteiger partial charge on any atom is -0.479 e. The number of aliphatic carboxylic acids is 1. The third kappa shape index (κ3) is 3.95. The van der Waals surface area contributed by atoms with Crippen LogP contribution >= 0.6 is 0 Å². The van der Waals surface area contributed by atoms with E-state index in [2.05, 4.69) is 0 Å². The first-order valence-electron chi connectivity index (χ1n) is 5.07. The van der Waals surface area contributed by atoms with Crippen LogP contribution in [0, 0.1) is 0 Å². The SMILES string of the molecule is O=C(N[C@@H]([C@H](O)C(=O)O)C(F)(F)F)c1ccccc1. The molecule has 0 aliphatic heterocycles. The molecule has 0 saturated heterocycles. The summed E-state index contributed by atoms with van der Waals surface area (Å²) in [7, 11) is 0. The molecule has 0 heterocycles. The predicted molar refractivity (Wildman–Crippen MR) is 57.4 cm³/mol. The molecule has 1 aromatic carbocycles. The third-order valence-electron chi connectivity index (χ3n) is 2.24. The molecule has 0 unspecified atom stereocenters. The Labute approximate surface area is 105 Å². The number of aliphatic hydroxyl groups is 1. The number of hydrogen-bond donors (Lipinski definition) is 3. The van der Waals surface area contributed by atoms with Crippen LogP contribution in [0.5, 0.6) is 0 Å². The lowest BCUT2D eigenvalue weighted by Crippen LogP contribution is -2.55. The zero-order valence-electron chi connectivity index (χ0n) is 9.39. The summed E-state index contributed by atoms with van der Waals surface area (Å²) in [4.78, 5) is 21.9. The van der Waals surface area contributed by atoms with Gasteiger partial charge < -0.3 is 15.5 Å². The minimum atomic E-state index is -5.08. The monoisotopic (exact) mass is 277 g/mol. The molecule has 19 heavy (non-hydrogen) atoms. The van der Waals surface area contributed by atoms with Gasteiger partial charge in [0, 0.05) is 5.56 Å². The lowest BCUT2D eigenvalue weighted by atomic mass is 10.1. The van der Waals surface area contributed by atoms with E-state index in [0.717, 1.165) is 0 Å². The van der Waals surface area contributed by atoms with E-state index in [-0.39, 0.29) is 5.56 Å². The van der Waals surface area contributed by atoms with Gasteiger partial charge in [-0.15, -0.1) is 0 Å². The number of rotatable bonds is 4. The third-order valence-corrected chi connectivity index (χ3v) is 2.24. The van der Waals surface area contributed by atoms with Crippen LogP contribution in [0.1, 0.15) is 10.4 Å². The molecule has 2 atom stereocenters. The molecule has 0 bridgehead atoms. The zero-order chi connectivity index (χ0) is 14.6. The molecule has 0 aliphatic rings. The molecule has 0 saturated carbocycles. The number of nitrogens with one attached hydrogen (secondary N) is 1. The van der Waals surface area contributed by atoms with Crippen molar-refractivity contribution in [1.82, 2.24) is 5.32 Å². The normalized spacial score (nSPS) is 14.5. The van der Waals surface area contributed by atoms with E-state index in [4.69, 9.17) is 10.2 Å². The number of hydrogen-bond acceptors (Lipinski definition) is 3. The highest BCUT2D eigenvalue weighted by atomic mass is 19.4. The van der Waals surface area contributed by atoms with Crippen LogP contribution in [-0.2, 0) is 4.79 Å². The highest BCUT2D eigenvalue weighted by Gasteiger charge is 2.48. The summed E-state index contributed by atoms with van der Waals surface area (Å²) in [6.45, 7) is 0. The summed E-state index contributed by atoms with van der Waals surface area (Å²) in [6, 6.07) is 4.07. The Kier molecular flexibility index (Phi) is 4.49. The Balaban J connectivity index is 2.91. The molecule has 0 radical (unpaired) electrons. The Morgan fingerprint density at radius 1 is 1.16 bits per heavy atom. The molecule has 0 aromatic heterocycles. The lowest BCUT2D eigenvalue weighted by Gasteiger charge is -2.23. The molecule has 0 spiro atoms. The average molecular weight is 277 g/mol. The summed E-state index contributed by atoms with van der Waals surface area (Å²) in [5.41, 5.74) is -0.0747. The number of carboxylic acids is 1. The maximum absolute atomic E-state index is 12.6. The van der Waals surface area contributed by atoms with E-state index in [9.17, 15) is 22.8 Å². The zero-order valence-corrected chi connectivity index (χ0v) is 9.39. The first-order valence-corrected chi connectivity index (χ1v) is 5.07. The van der Waals surface area contributed by atoms with Crippen LogP contribution in [0.25, 0.3) is 0 Å². The van der Waals surface area contributed by atoms with E-state index in [0.29, 0.717) is 0 Å². The van der Waals surface area contributed by atoms with Crippen LogP contribution in [-0.4, -0.2) is 40.4 Å². The Morgan fingerprint density at radius 3 is 2.11 bits per heavy atom. The summed E-state index contributed by atoms with van der Waals surface area (Å²) in [6.07, 6.45) is -7.85. The number of carbonyl (C=O) groups is 2. The van der Waals surface area contributed by atoms with Gasteiger partial charge in [-0.3, -0.25) is 4.79 Å². The number of amides is 1. The van der Waals surface area contributed by atoms with Gasteiger partial charge >= 0.3 is 12.1 Å². The fraction of sp³-hybridized carbons (Fsp3) is 0.273. The smallest absolute Gasteiger partial charge is 0.411 e. The van der Waals surface area contributed by atoms with Crippen molar-refractivity contribution < 1.29 is 33.0 Å². The van der Waals surface area contributed by atoms with E-state index < -0.39 is 30.2 Å². The summed E-state index contributed by atoms with van der Waals surface area (Å²) < 4.78 is 37.7. The maximum Gasteiger partial charge on any atom is 0.411 e. The van der Waals surface area contributed by atoms with E-state index in [1.165, 1.54) is 29.6 Å². The van der Waals surface area contributed by atoms with Gasteiger partial charge in [-0.25, -0.2) is 4.79 Å². The van der Waals surface area contributed by atoms with Crippen molar-refractivity contribution in [2.45, 2.75) is 18.3 Å². The maximum atomic E-state index is 12.6. The lowest BCUT2D eigenvalue weighted by molar-refractivity contribution is -0.187. The molecule has 1 aromatic rings. The quantitative estimate of drug-likeness (QED) is 0.759. The van der Waals surface area contributed by atoms with Crippen LogP contribution in [0.3, 0.4) is 0 Å². The van der Waals surface area contributed by atoms with Gasteiger partial charge in [-0.2, -0.15) is 13.2 Å². The van der Waals surface area contributed by atoms with Crippen LogP contribution < -0.4 is 5.32 Å². The molecule has 8 heteroatoms. The Hall–Kier alpha value is -2.09. The minimum absolute atomic E-state index is 0.0747. The van der Waals surface area contributed by atoms with Gasteiger partial charge in [-0.1, -0.05) is 18.2 Å². The first-order chi connectivity index (χ1) is 8.73. The van der Waals surface area contributed by atoms with Gasteiger partial charge in [-0.05, 0) is 12.1 Å². The van der Waals surface area contributed by atoms with Crippen molar-refractivity contribution in [3.8, 4) is 0 Å². The molecular formula is C11H10F3NO4. The second-order valence-electron chi connectivity index (χ2n) is 3.64. The topological polar surface area (TPSA) is 86.6 Å². The fourth-order valence-electron chi connectivity index (χ4n) is 1.30. The summed E-state index contributed by atoms with van der Waals surface area (Å²) in [5, 5.41) is 18.8. The number of aliphatic hydroxyl groups excluding tert-OH is 1. The van der Waals surface area contributed by atoms with Gasteiger partial charge in [0.15, 0.2) is 12.1 Å². The van der Waals surface area contributed by atoms with Crippen LogP contribution in [0.15, 0.2) is 30.3 Å². The number of benzene rings is 1. The van der Waals surface area contributed by atoms with Gasteiger partial charge in [0.2, 0.25) is 0 Å². The molecule has 3 N–H and O–H groups in total. The van der Waals surface area contributed by atoms with Gasteiger partial charge in [0.25, 0.3) is 5.91 Å². The van der Waals surface area contributed by atoms with Crippen molar-refractivity contribution >= 4 is 11.9 Å². The van der Waals surface area contributed by atoms with E-state index >= 15 is 0 Å². The van der Waals surface area contributed by atoms with Crippen molar-refractivity contribution in [2.24, 2.45) is 0 Å². The summed E-state index contributed by atoms with van der Waals surface area (Å²) >= 11 is 0. The highest BCUT2D eigenvalue weighted by molar-refractivity contribution is 5.94. The highest BCUT2D eigenvalue weighted by Crippen LogP contribution is 2.23. The number of carbonyl (C=O) groups excluding carboxylic acids is 1. The number of alkyl halides is 3. The standard InChI is InChI=1S/C11H10F3NO4/c12-11(13,14)8(7(16)10(18)19)15-9(17)6-4-2-1-3-5-6/h1-5,7-8,16H,(H,15,17)(H,18,19)/t7-,8-/m0/s1. The van der Waals surface area contributed by atoms with Gasteiger partial charge in [0.05, 0.1) is 0 Å². The largest absolute Gasteiger partial charge is 0.479 e.